The summed E-state index contributed by atoms with van der Waals surface area (Å²) >= 11 is 5.31. The van der Waals surface area contributed by atoms with E-state index in [0.29, 0.717) is 17.4 Å². The normalized spacial score (nSPS) is 15.6. The third kappa shape index (κ3) is 3.85. The van der Waals surface area contributed by atoms with Crippen molar-refractivity contribution >= 4 is 17.9 Å². The number of rotatable bonds is 6. The van der Waals surface area contributed by atoms with E-state index in [9.17, 15) is 0 Å². The third-order valence-corrected chi connectivity index (χ3v) is 4.58. The molecule has 1 saturated heterocycles. The number of benzene rings is 1. The minimum atomic E-state index is 0.407. The van der Waals surface area contributed by atoms with E-state index in [0.717, 1.165) is 45.0 Å². The van der Waals surface area contributed by atoms with Crippen LogP contribution in [0.3, 0.4) is 0 Å². The molecule has 24 heavy (non-hydrogen) atoms. The Morgan fingerprint density at radius 1 is 1.12 bits per heavy atom. The van der Waals surface area contributed by atoms with Crippen molar-refractivity contribution in [1.82, 2.24) is 14.7 Å². The highest BCUT2D eigenvalue weighted by molar-refractivity contribution is 7.71. The van der Waals surface area contributed by atoms with Gasteiger partial charge in [-0.1, -0.05) is 0 Å². The average molecular weight is 348 g/mol. The summed E-state index contributed by atoms with van der Waals surface area (Å²) in [7, 11) is 0. The van der Waals surface area contributed by atoms with Crippen LogP contribution in [0.5, 0.6) is 0 Å². The van der Waals surface area contributed by atoms with Crippen LogP contribution in [-0.2, 0) is 11.4 Å². The summed E-state index contributed by atoms with van der Waals surface area (Å²) in [6.45, 7) is 10.2. The van der Waals surface area contributed by atoms with E-state index in [1.165, 1.54) is 5.69 Å². The first-order valence-corrected chi connectivity index (χ1v) is 8.85. The molecule has 2 heterocycles. The van der Waals surface area contributed by atoms with Gasteiger partial charge in [0, 0.05) is 37.4 Å². The topological polar surface area (TPSA) is 46.7 Å². The maximum Gasteiger partial charge on any atom is 0.288 e. The number of anilines is 1. The van der Waals surface area contributed by atoms with E-state index < -0.39 is 0 Å². The Kier molecular flexibility index (Phi) is 5.65. The minimum absolute atomic E-state index is 0.407. The van der Waals surface area contributed by atoms with Crippen LogP contribution >= 0.6 is 12.2 Å². The molecule has 6 nitrogen and oxygen atoms in total. The van der Waals surface area contributed by atoms with Gasteiger partial charge in [0.15, 0.2) is 0 Å². The molecule has 1 aliphatic rings. The van der Waals surface area contributed by atoms with Crippen LogP contribution in [0.15, 0.2) is 28.7 Å². The molecule has 0 atom stereocenters. The van der Waals surface area contributed by atoms with Crippen LogP contribution in [0.2, 0.25) is 0 Å². The van der Waals surface area contributed by atoms with Gasteiger partial charge >= 0.3 is 0 Å². The van der Waals surface area contributed by atoms with Crippen LogP contribution < -0.4 is 4.90 Å². The van der Waals surface area contributed by atoms with Crippen LogP contribution in [0.1, 0.15) is 13.8 Å². The zero-order valence-electron chi connectivity index (χ0n) is 14.3. The molecule has 2 aromatic rings. The predicted octanol–water partition coefficient (Wildman–Crippen LogP) is 3.01. The standard InChI is InChI=1S/C17H24N4O2S/c1-3-20(4-2)15-7-5-14(6-8-15)16-18-21(17(24)23-16)13-19-9-11-22-12-10-19/h5-8H,3-4,9-13H2,1-2H3. The second-order valence-electron chi connectivity index (χ2n) is 5.76. The smallest absolute Gasteiger partial charge is 0.288 e. The lowest BCUT2D eigenvalue weighted by molar-refractivity contribution is 0.0206. The molecule has 1 aromatic carbocycles. The summed E-state index contributed by atoms with van der Waals surface area (Å²) in [6.07, 6.45) is 0. The maximum atomic E-state index is 5.69. The van der Waals surface area contributed by atoms with E-state index in [2.05, 4.69) is 40.9 Å². The van der Waals surface area contributed by atoms with E-state index in [1.54, 1.807) is 4.68 Å². The van der Waals surface area contributed by atoms with Crippen LogP contribution in [0.25, 0.3) is 11.5 Å². The third-order valence-electron chi connectivity index (χ3n) is 4.29. The molecule has 3 rings (SSSR count). The van der Waals surface area contributed by atoms with Crippen molar-refractivity contribution in [2.24, 2.45) is 0 Å². The summed E-state index contributed by atoms with van der Waals surface area (Å²) < 4.78 is 12.8. The summed E-state index contributed by atoms with van der Waals surface area (Å²) in [5, 5.41) is 4.54. The lowest BCUT2D eigenvalue weighted by Crippen LogP contribution is -2.37. The Hall–Kier alpha value is -1.70. The van der Waals surface area contributed by atoms with Gasteiger partial charge in [0.05, 0.1) is 19.9 Å². The fourth-order valence-corrected chi connectivity index (χ4v) is 3.03. The van der Waals surface area contributed by atoms with Crippen molar-refractivity contribution in [2.75, 3.05) is 44.3 Å². The zero-order chi connectivity index (χ0) is 16.9. The second-order valence-corrected chi connectivity index (χ2v) is 6.11. The van der Waals surface area contributed by atoms with Gasteiger partial charge in [0.25, 0.3) is 4.84 Å². The molecule has 0 unspecified atom stereocenters. The van der Waals surface area contributed by atoms with Crippen molar-refractivity contribution in [2.45, 2.75) is 20.5 Å². The summed E-state index contributed by atoms with van der Waals surface area (Å²) in [4.78, 5) is 4.97. The number of ether oxygens (including phenoxy) is 1. The molecule has 1 aromatic heterocycles. The van der Waals surface area contributed by atoms with Gasteiger partial charge in [-0.05, 0) is 50.3 Å². The van der Waals surface area contributed by atoms with Crippen molar-refractivity contribution in [3.8, 4) is 11.5 Å². The molecule has 0 radical (unpaired) electrons. The summed E-state index contributed by atoms with van der Waals surface area (Å²) in [6, 6.07) is 8.27. The zero-order valence-corrected chi connectivity index (χ0v) is 15.1. The Balaban J connectivity index is 1.75. The van der Waals surface area contributed by atoms with Gasteiger partial charge in [-0.15, -0.1) is 5.10 Å². The molecule has 7 heteroatoms. The maximum absolute atomic E-state index is 5.69. The van der Waals surface area contributed by atoms with E-state index in [1.807, 2.05) is 12.1 Å². The highest BCUT2D eigenvalue weighted by atomic mass is 32.1. The quantitative estimate of drug-likeness (QED) is 0.748. The number of hydrogen-bond donors (Lipinski definition) is 0. The average Bonchev–Trinajstić information content (AvgIpc) is 2.98. The van der Waals surface area contributed by atoms with E-state index in [4.69, 9.17) is 21.4 Å². The molecular weight excluding hydrogens is 324 g/mol. The van der Waals surface area contributed by atoms with E-state index in [-0.39, 0.29) is 0 Å². The molecule has 0 amide bonds. The highest BCUT2D eigenvalue weighted by Crippen LogP contribution is 2.22. The Morgan fingerprint density at radius 2 is 1.79 bits per heavy atom. The van der Waals surface area contributed by atoms with Gasteiger partial charge in [-0.3, -0.25) is 4.90 Å². The Bertz CT molecular complexity index is 700. The van der Waals surface area contributed by atoms with E-state index >= 15 is 0 Å². The minimum Gasteiger partial charge on any atom is -0.409 e. The first-order valence-electron chi connectivity index (χ1n) is 8.44. The molecule has 0 aliphatic carbocycles. The van der Waals surface area contributed by atoms with Crippen molar-refractivity contribution in [3.05, 3.63) is 29.1 Å². The fourth-order valence-electron chi connectivity index (χ4n) is 2.85. The predicted molar refractivity (Wildman–Crippen MR) is 96.7 cm³/mol. The largest absolute Gasteiger partial charge is 0.409 e. The molecule has 130 valence electrons. The van der Waals surface area contributed by atoms with Gasteiger partial charge in [-0.2, -0.15) is 0 Å². The first kappa shape index (κ1) is 17.1. The molecule has 0 spiro atoms. The monoisotopic (exact) mass is 348 g/mol. The molecular formula is C17H24N4O2S. The molecule has 1 fully saturated rings. The lowest BCUT2D eigenvalue weighted by atomic mass is 10.2. The SMILES string of the molecule is CCN(CC)c1ccc(-c2nn(CN3CCOCC3)c(=S)o2)cc1. The second kappa shape index (κ2) is 7.92. The number of nitrogens with zero attached hydrogens (tertiary/aromatic N) is 4. The number of morpholine rings is 1. The van der Waals surface area contributed by atoms with Crippen molar-refractivity contribution in [3.63, 3.8) is 0 Å². The number of aromatic nitrogens is 2. The fraction of sp³-hybridized carbons (Fsp3) is 0.529. The van der Waals surface area contributed by atoms with Gasteiger partial charge in [0.2, 0.25) is 5.89 Å². The summed E-state index contributed by atoms with van der Waals surface area (Å²) in [5.74, 6) is 0.569. The van der Waals surface area contributed by atoms with Crippen molar-refractivity contribution in [1.29, 1.82) is 0 Å². The summed E-state index contributed by atoms with van der Waals surface area (Å²) in [5.41, 5.74) is 2.15. The van der Waals surface area contributed by atoms with Gasteiger partial charge in [0.1, 0.15) is 0 Å². The Morgan fingerprint density at radius 3 is 2.42 bits per heavy atom. The van der Waals surface area contributed by atoms with Crippen molar-refractivity contribution < 1.29 is 9.15 Å². The lowest BCUT2D eigenvalue weighted by Gasteiger charge is -2.25. The molecule has 0 saturated carbocycles. The Labute approximate surface area is 147 Å². The van der Waals surface area contributed by atoms with Crippen LogP contribution in [-0.4, -0.2) is 54.1 Å². The number of hydrogen-bond acceptors (Lipinski definition) is 6. The van der Waals surface area contributed by atoms with Gasteiger partial charge in [-0.25, -0.2) is 4.68 Å². The molecule has 0 N–H and O–H groups in total. The first-order chi connectivity index (χ1) is 11.7. The molecule has 0 bridgehead atoms. The van der Waals surface area contributed by atoms with Crippen LogP contribution in [0.4, 0.5) is 5.69 Å². The van der Waals surface area contributed by atoms with Crippen LogP contribution in [0, 0.1) is 4.84 Å². The highest BCUT2D eigenvalue weighted by Gasteiger charge is 2.14. The van der Waals surface area contributed by atoms with Gasteiger partial charge < -0.3 is 14.1 Å². The molecule has 1 aliphatic heterocycles.